The van der Waals surface area contributed by atoms with E-state index in [9.17, 15) is 4.79 Å². The van der Waals surface area contributed by atoms with E-state index in [0.717, 1.165) is 17.0 Å². The molecule has 0 atom stereocenters. The van der Waals surface area contributed by atoms with Crippen molar-refractivity contribution >= 4 is 17.7 Å². The molecule has 0 aliphatic rings. The number of rotatable bonds is 5. The topological polar surface area (TPSA) is 33.5 Å². The summed E-state index contributed by atoms with van der Waals surface area (Å²) in [6.45, 7) is 2.40. The van der Waals surface area contributed by atoms with Crippen LogP contribution in [-0.2, 0) is 11.3 Å². The number of anilines is 1. The normalized spacial score (nSPS) is 10.9. The van der Waals surface area contributed by atoms with Crippen molar-refractivity contribution in [3.05, 3.63) is 96.0 Å². The SMILES string of the molecule is Cc1ccc(/C=C/C(=O)N(Cc2ccccc2)c2ccccc2)o1. The molecule has 3 nitrogen and oxygen atoms in total. The number of carbonyl (C=O) groups is 1. The van der Waals surface area contributed by atoms with Gasteiger partial charge in [0.05, 0.1) is 6.54 Å². The van der Waals surface area contributed by atoms with Gasteiger partial charge < -0.3 is 9.32 Å². The Morgan fingerprint density at radius 2 is 1.62 bits per heavy atom. The second kappa shape index (κ2) is 7.47. The summed E-state index contributed by atoms with van der Waals surface area (Å²) in [6, 6.07) is 23.4. The first-order chi connectivity index (χ1) is 11.7. The van der Waals surface area contributed by atoms with Gasteiger partial charge in [-0.05, 0) is 42.8 Å². The summed E-state index contributed by atoms with van der Waals surface area (Å²) in [5.41, 5.74) is 1.95. The highest BCUT2D eigenvalue weighted by atomic mass is 16.3. The van der Waals surface area contributed by atoms with E-state index >= 15 is 0 Å². The van der Waals surface area contributed by atoms with E-state index in [1.54, 1.807) is 17.1 Å². The van der Waals surface area contributed by atoms with Crippen molar-refractivity contribution < 1.29 is 9.21 Å². The highest BCUT2D eigenvalue weighted by molar-refractivity contribution is 6.03. The van der Waals surface area contributed by atoms with E-state index in [2.05, 4.69) is 0 Å². The molecule has 0 N–H and O–H groups in total. The summed E-state index contributed by atoms with van der Waals surface area (Å²) in [5.74, 6) is 1.42. The number of carbonyl (C=O) groups excluding carboxylic acids is 1. The Morgan fingerprint density at radius 1 is 0.958 bits per heavy atom. The van der Waals surface area contributed by atoms with Crippen molar-refractivity contribution in [1.82, 2.24) is 0 Å². The van der Waals surface area contributed by atoms with Crippen LogP contribution in [0, 0.1) is 6.92 Å². The molecule has 0 fully saturated rings. The third-order valence-corrected chi connectivity index (χ3v) is 3.67. The largest absolute Gasteiger partial charge is 0.462 e. The third kappa shape index (κ3) is 4.02. The maximum atomic E-state index is 12.7. The molecule has 0 bridgehead atoms. The molecule has 0 aliphatic heterocycles. The highest BCUT2D eigenvalue weighted by Gasteiger charge is 2.13. The molecule has 1 heterocycles. The number of benzene rings is 2. The van der Waals surface area contributed by atoms with Crippen LogP contribution in [0.15, 0.2) is 83.3 Å². The number of hydrogen-bond acceptors (Lipinski definition) is 2. The maximum Gasteiger partial charge on any atom is 0.251 e. The maximum absolute atomic E-state index is 12.7. The average molecular weight is 317 g/mol. The van der Waals surface area contributed by atoms with Crippen molar-refractivity contribution in [3.8, 4) is 0 Å². The number of aryl methyl sites for hydroxylation is 1. The van der Waals surface area contributed by atoms with Crippen LogP contribution in [0.2, 0.25) is 0 Å². The second-order valence-electron chi connectivity index (χ2n) is 5.53. The van der Waals surface area contributed by atoms with Crippen molar-refractivity contribution in [2.24, 2.45) is 0 Å². The van der Waals surface area contributed by atoms with Crippen molar-refractivity contribution in [3.63, 3.8) is 0 Å². The van der Waals surface area contributed by atoms with E-state index in [-0.39, 0.29) is 5.91 Å². The number of amides is 1. The zero-order valence-electron chi connectivity index (χ0n) is 13.6. The van der Waals surface area contributed by atoms with Crippen LogP contribution < -0.4 is 4.90 Å². The molecule has 3 heteroatoms. The predicted molar refractivity (Wildman–Crippen MR) is 96.6 cm³/mol. The van der Waals surface area contributed by atoms with E-state index in [1.165, 1.54) is 0 Å². The fraction of sp³-hybridized carbons (Fsp3) is 0.0952. The van der Waals surface area contributed by atoms with E-state index < -0.39 is 0 Å². The van der Waals surface area contributed by atoms with Gasteiger partial charge in [-0.15, -0.1) is 0 Å². The summed E-state index contributed by atoms with van der Waals surface area (Å²) in [6.07, 6.45) is 3.25. The smallest absolute Gasteiger partial charge is 0.251 e. The van der Waals surface area contributed by atoms with Gasteiger partial charge in [-0.3, -0.25) is 4.79 Å². The summed E-state index contributed by atoms with van der Waals surface area (Å²) in [5, 5.41) is 0. The van der Waals surface area contributed by atoms with Gasteiger partial charge in [0.1, 0.15) is 11.5 Å². The zero-order valence-corrected chi connectivity index (χ0v) is 13.6. The molecular weight excluding hydrogens is 298 g/mol. The Morgan fingerprint density at radius 3 is 2.25 bits per heavy atom. The standard InChI is InChI=1S/C21H19NO2/c1-17-12-13-20(24-17)14-15-21(23)22(19-10-6-3-7-11-19)16-18-8-4-2-5-9-18/h2-15H,16H2,1H3/b15-14+. The molecule has 0 spiro atoms. The summed E-state index contributed by atoms with van der Waals surface area (Å²) in [7, 11) is 0. The first-order valence-corrected chi connectivity index (χ1v) is 7.87. The molecule has 0 saturated heterocycles. The summed E-state index contributed by atoms with van der Waals surface area (Å²) >= 11 is 0. The highest BCUT2D eigenvalue weighted by Crippen LogP contribution is 2.18. The number of para-hydroxylation sites is 1. The Balaban J connectivity index is 1.83. The minimum absolute atomic E-state index is 0.0842. The molecule has 0 unspecified atom stereocenters. The van der Waals surface area contributed by atoms with Crippen LogP contribution in [0.5, 0.6) is 0 Å². The van der Waals surface area contributed by atoms with Crippen LogP contribution in [0.25, 0.3) is 6.08 Å². The number of hydrogen-bond donors (Lipinski definition) is 0. The van der Waals surface area contributed by atoms with Crippen molar-refractivity contribution in [2.75, 3.05) is 4.90 Å². The van der Waals surface area contributed by atoms with Crippen LogP contribution in [0.1, 0.15) is 17.1 Å². The fourth-order valence-electron chi connectivity index (χ4n) is 2.46. The van der Waals surface area contributed by atoms with Gasteiger partial charge in [0.15, 0.2) is 0 Å². The molecule has 120 valence electrons. The quantitative estimate of drug-likeness (QED) is 0.631. The van der Waals surface area contributed by atoms with Crippen molar-refractivity contribution in [1.29, 1.82) is 0 Å². The van der Waals surface area contributed by atoms with Crippen molar-refractivity contribution in [2.45, 2.75) is 13.5 Å². The molecule has 1 amide bonds. The van der Waals surface area contributed by atoms with E-state index in [4.69, 9.17) is 4.42 Å². The van der Waals surface area contributed by atoms with Gasteiger partial charge >= 0.3 is 0 Å². The minimum Gasteiger partial charge on any atom is -0.462 e. The van der Waals surface area contributed by atoms with Crippen LogP contribution in [0.4, 0.5) is 5.69 Å². The first-order valence-electron chi connectivity index (χ1n) is 7.87. The zero-order chi connectivity index (χ0) is 16.8. The molecule has 3 aromatic rings. The lowest BCUT2D eigenvalue weighted by atomic mass is 10.2. The lowest BCUT2D eigenvalue weighted by Crippen LogP contribution is -2.28. The second-order valence-corrected chi connectivity index (χ2v) is 5.53. The van der Waals surface area contributed by atoms with Gasteiger partial charge in [0, 0.05) is 11.8 Å². The lowest BCUT2D eigenvalue weighted by molar-refractivity contribution is -0.114. The molecule has 24 heavy (non-hydrogen) atoms. The molecule has 0 aliphatic carbocycles. The average Bonchev–Trinajstić information content (AvgIpc) is 3.04. The summed E-state index contributed by atoms with van der Waals surface area (Å²) in [4.78, 5) is 14.5. The van der Waals surface area contributed by atoms with Crippen LogP contribution in [-0.4, -0.2) is 5.91 Å². The third-order valence-electron chi connectivity index (χ3n) is 3.67. The fourth-order valence-corrected chi connectivity index (χ4v) is 2.46. The monoisotopic (exact) mass is 317 g/mol. The van der Waals surface area contributed by atoms with Crippen LogP contribution >= 0.6 is 0 Å². The van der Waals surface area contributed by atoms with E-state index in [1.807, 2.05) is 79.7 Å². The molecule has 1 aromatic heterocycles. The Kier molecular flexibility index (Phi) is 4.92. The molecule has 0 radical (unpaired) electrons. The van der Waals surface area contributed by atoms with Gasteiger partial charge in [-0.2, -0.15) is 0 Å². The number of furan rings is 1. The lowest BCUT2D eigenvalue weighted by Gasteiger charge is -2.21. The van der Waals surface area contributed by atoms with Crippen LogP contribution in [0.3, 0.4) is 0 Å². The molecule has 3 rings (SSSR count). The molecule has 0 saturated carbocycles. The first kappa shape index (κ1) is 15.8. The molecule has 2 aromatic carbocycles. The molecular formula is C21H19NO2. The Hall–Kier alpha value is -3.07. The minimum atomic E-state index is -0.0842. The number of nitrogens with zero attached hydrogens (tertiary/aromatic N) is 1. The Labute approximate surface area is 141 Å². The summed E-state index contributed by atoms with van der Waals surface area (Å²) < 4.78 is 5.48. The van der Waals surface area contributed by atoms with E-state index in [0.29, 0.717) is 12.3 Å². The van der Waals surface area contributed by atoms with Gasteiger partial charge in [0.25, 0.3) is 5.91 Å². The van der Waals surface area contributed by atoms with Gasteiger partial charge in [-0.1, -0.05) is 48.5 Å². The van der Waals surface area contributed by atoms with Gasteiger partial charge in [-0.25, -0.2) is 0 Å². The van der Waals surface area contributed by atoms with Gasteiger partial charge in [0.2, 0.25) is 0 Å². The Bertz CT molecular complexity index is 819. The predicted octanol–water partition coefficient (Wildman–Crippen LogP) is 4.83.